The molecule has 2 rings (SSSR count). The van der Waals surface area contributed by atoms with E-state index in [9.17, 15) is 10.0 Å². The summed E-state index contributed by atoms with van der Waals surface area (Å²) in [7, 11) is -1.44. The molecule has 2 aromatic rings. The van der Waals surface area contributed by atoms with Gasteiger partial charge in [-0.05, 0) is 30.4 Å². The maximum absolute atomic E-state index is 9.49. The smallest absolute Gasteiger partial charge is 0.423 e. The lowest BCUT2D eigenvalue weighted by Crippen LogP contribution is -2.34. The van der Waals surface area contributed by atoms with Crippen LogP contribution in [-0.4, -0.2) is 17.2 Å². The summed E-state index contributed by atoms with van der Waals surface area (Å²) < 4.78 is 0. The molecule has 0 saturated heterocycles. The molecule has 86 valence electrons. The Morgan fingerprint density at radius 2 is 1.59 bits per heavy atom. The first-order valence-electron chi connectivity index (χ1n) is 5.62. The van der Waals surface area contributed by atoms with Gasteiger partial charge in [-0.15, -0.1) is 0 Å². The van der Waals surface area contributed by atoms with Crippen LogP contribution < -0.4 is 5.46 Å². The van der Waals surface area contributed by atoms with Crippen LogP contribution in [0.4, 0.5) is 0 Å². The van der Waals surface area contributed by atoms with Crippen LogP contribution in [0.3, 0.4) is 0 Å². The number of aryl methyl sites for hydroxylation is 2. The summed E-state index contributed by atoms with van der Waals surface area (Å²) in [5.74, 6) is 0. The molecule has 17 heavy (non-hydrogen) atoms. The van der Waals surface area contributed by atoms with Crippen LogP contribution in [-0.2, 0) is 0 Å². The van der Waals surface area contributed by atoms with E-state index in [1.54, 1.807) is 0 Å². The highest BCUT2D eigenvalue weighted by molar-refractivity contribution is 6.61. The first-order chi connectivity index (χ1) is 8.09. The Morgan fingerprint density at radius 1 is 0.941 bits per heavy atom. The molecular formula is C14H15BO2. The zero-order valence-corrected chi connectivity index (χ0v) is 10.0. The first kappa shape index (κ1) is 11.9. The molecule has 0 atom stereocenters. The van der Waals surface area contributed by atoms with Crippen molar-refractivity contribution < 1.29 is 10.0 Å². The van der Waals surface area contributed by atoms with E-state index in [0.717, 1.165) is 22.3 Å². The van der Waals surface area contributed by atoms with Gasteiger partial charge in [0.1, 0.15) is 0 Å². The summed E-state index contributed by atoms with van der Waals surface area (Å²) in [6, 6.07) is 13.7. The summed E-state index contributed by atoms with van der Waals surface area (Å²) in [5, 5.41) is 19.0. The van der Waals surface area contributed by atoms with Crippen molar-refractivity contribution in [3.63, 3.8) is 0 Å². The Morgan fingerprint density at radius 3 is 2.18 bits per heavy atom. The number of hydrogen-bond acceptors (Lipinski definition) is 2. The normalized spacial score (nSPS) is 10.4. The molecule has 0 aromatic heterocycles. The lowest BCUT2D eigenvalue weighted by atomic mass is 9.72. The fourth-order valence-corrected chi connectivity index (χ4v) is 2.18. The average molecular weight is 226 g/mol. The Bertz CT molecular complexity index is 521. The minimum absolute atomic E-state index is 0.585. The highest BCUT2D eigenvalue weighted by Gasteiger charge is 2.19. The molecule has 0 bridgehead atoms. The fourth-order valence-electron chi connectivity index (χ4n) is 2.18. The van der Waals surface area contributed by atoms with Crippen molar-refractivity contribution in [3.05, 3.63) is 53.6 Å². The number of rotatable bonds is 2. The lowest BCUT2D eigenvalue weighted by Gasteiger charge is -2.13. The second-order valence-corrected chi connectivity index (χ2v) is 4.28. The maximum atomic E-state index is 9.49. The van der Waals surface area contributed by atoms with Crippen LogP contribution in [0, 0.1) is 13.8 Å². The summed E-state index contributed by atoms with van der Waals surface area (Å²) in [4.78, 5) is 0. The van der Waals surface area contributed by atoms with Gasteiger partial charge in [-0.25, -0.2) is 0 Å². The lowest BCUT2D eigenvalue weighted by molar-refractivity contribution is 0.425. The maximum Gasteiger partial charge on any atom is 0.489 e. The van der Waals surface area contributed by atoms with E-state index in [4.69, 9.17) is 0 Å². The highest BCUT2D eigenvalue weighted by atomic mass is 16.4. The molecule has 0 radical (unpaired) electrons. The average Bonchev–Trinajstić information content (AvgIpc) is 2.28. The summed E-state index contributed by atoms with van der Waals surface area (Å²) >= 11 is 0. The van der Waals surface area contributed by atoms with Gasteiger partial charge < -0.3 is 10.0 Å². The van der Waals surface area contributed by atoms with Gasteiger partial charge in [0.2, 0.25) is 0 Å². The second-order valence-electron chi connectivity index (χ2n) is 4.28. The van der Waals surface area contributed by atoms with E-state index in [2.05, 4.69) is 0 Å². The van der Waals surface area contributed by atoms with Crippen molar-refractivity contribution in [1.82, 2.24) is 0 Å². The quantitative estimate of drug-likeness (QED) is 0.764. The zero-order valence-electron chi connectivity index (χ0n) is 10.0. The minimum atomic E-state index is -1.44. The van der Waals surface area contributed by atoms with E-state index in [-0.39, 0.29) is 0 Å². The van der Waals surface area contributed by atoms with Crippen molar-refractivity contribution in [2.45, 2.75) is 13.8 Å². The third kappa shape index (κ3) is 2.41. The van der Waals surface area contributed by atoms with Crippen LogP contribution in [0.15, 0.2) is 42.5 Å². The van der Waals surface area contributed by atoms with E-state index in [1.165, 1.54) is 0 Å². The minimum Gasteiger partial charge on any atom is -0.423 e. The molecule has 0 amide bonds. The zero-order chi connectivity index (χ0) is 12.4. The van der Waals surface area contributed by atoms with Crippen molar-refractivity contribution in [2.75, 3.05) is 0 Å². The Hall–Kier alpha value is -1.58. The molecule has 0 heterocycles. The summed E-state index contributed by atoms with van der Waals surface area (Å²) in [6.07, 6.45) is 0. The van der Waals surface area contributed by atoms with Gasteiger partial charge in [0.15, 0.2) is 0 Å². The molecule has 0 fully saturated rings. The second kappa shape index (κ2) is 4.74. The molecule has 2 nitrogen and oxygen atoms in total. The SMILES string of the molecule is Cc1cc(C)c(B(O)O)c(-c2ccccc2)c1. The van der Waals surface area contributed by atoms with Gasteiger partial charge in [-0.3, -0.25) is 0 Å². The molecule has 0 spiro atoms. The third-order valence-corrected chi connectivity index (χ3v) is 2.87. The standard InChI is InChI=1S/C14H15BO2/c1-10-8-11(2)14(15(16)17)13(9-10)12-6-4-3-5-7-12/h3-9,16-17H,1-2H3. The van der Waals surface area contributed by atoms with Crippen molar-refractivity contribution in [1.29, 1.82) is 0 Å². The van der Waals surface area contributed by atoms with Gasteiger partial charge in [0.25, 0.3) is 0 Å². The molecule has 0 aliphatic rings. The van der Waals surface area contributed by atoms with Crippen LogP contribution >= 0.6 is 0 Å². The molecule has 0 saturated carbocycles. The molecule has 0 aliphatic carbocycles. The van der Waals surface area contributed by atoms with Crippen molar-refractivity contribution in [2.24, 2.45) is 0 Å². The molecule has 3 heteroatoms. The third-order valence-electron chi connectivity index (χ3n) is 2.87. The molecule has 0 unspecified atom stereocenters. The van der Waals surface area contributed by atoms with Gasteiger partial charge in [0, 0.05) is 0 Å². The largest absolute Gasteiger partial charge is 0.489 e. The number of benzene rings is 2. The Balaban J connectivity index is 2.68. The summed E-state index contributed by atoms with van der Waals surface area (Å²) in [6.45, 7) is 3.90. The molecule has 2 aromatic carbocycles. The molecular weight excluding hydrogens is 211 g/mol. The van der Waals surface area contributed by atoms with Gasteiger partial charge in [0.05, 0.1) is 0 Å². The first-order valence-corrected chi connectivity index (χ1v) is 5.62. The molecule has 0 aliphatic heterocycles. The molecule has 2 N–H and O–H groups in total. The van der Waals surface area contributed by atoms with Crippen LogP contribution in [0.1, 0.15) is 11.1 Å². The fraction of sp³-hybridized carbons (Fsp3) is 0.143. The van der Waals surface area contributed by atoms with E-state index in [1.807, 2.05) is 56.3 Å². The number of hydrogen-bond donors (Lipinski definition) is 2. The van der Waals surface area contributed by atoms with Gasteiger partial charge in [-0.2, -0.15) is 0 Å². The monoisotopic (exact) mass is 226 g/mol. The van der Waals surface area contributed by atoms with Gasteiger partial charge >= 0.3 is 7.12 Å². The Labute approximate surface area is 102 Å². The Kier molecular flexibility index (Phi) is 3.32. The predicted octanol–water partition coefficient (Wildman–Crippen LogP) is 1.65. The van der Waals surface area contributed by atoms with E-state index in [0.29, 0.717) is 5.46 Å². The predicted molar refractivity (Wildman–Crippen MR) is 71.2 cm³/mol. The summed E-state index contributed by atoms with van der Waals surface area (Å²) in [5.41, 5.74) is 4.49. The van der Waals surface area contributed by atoms with E-state index >= 15 is 0 Å². The highest BCUT2D eigenvalue weighted by Crippen LogP contribution is 2.20. The van der Waals surface area contributed by atoms with E-state index < -0.39 is 7.12 Å². The van der Waals surface area contributed by atoms with Gasteiger partial charge in [-0.1, -0.05) is 53.6 Å². The van der Waals surface area contributed by atoms with Crippen LogP contribution in [0.5, 0.6) is 0 Å². The van der Waals surface area contributed by atoms with Crippen LogP contribution in [0.25, 0.3) is 11.1 Å². The van der Waals surface area contributed by atoms with Crippen molar-refractivity contribution in [3.8, 4) is 11.1 Å². The van der Waals surface area contributed by atoms with Crippen molar-refractivity contribution >= 4 is 12.6 Å². The van der Waals surface area contributed by atoms with Crippen LogP contribution in [0.2, 0.25) is 0 Å². The topological polar surface area (TPSA) is 40.5 Å².